The zero-order valence-electron chi connectivity index (χ0n) is 16.1. The van der Waals surface area contributed by atoms with Gasteiger partial charge >= 0.3 is 11.9 Å². The molecule has 1 aliphatic carbocycles. The SMILES string of the molecule is COC(=O)C[C@]12C[C@H](C(C)=O)[C@H](C=C1O[Si](C)(C)C(C)(C)C)C(=O)O2. The van der Waals surface area contributed by atoms with Crippen LogP contribution in [0.5, 0.6) is 0 Å². The molecule has 1 saturated heterocycles. The highest BCUT2D eigenvalue weighted by Crippen LogP contribution is 2.50. The Hall–Kier alpha value is -1.63. The van der Waals surface area contributed by atoms with Crippen molar-refractivity contribution in [2.75, 3.05) is 7.11 Å². The third-order valence-corrected chi connectivity index (χ3v) is 10.0. The molecule has 3 aliphatic rings. The summed E-state index contributed by atoms with van der Waals surface area (Å²) in [5.74, 6) is -1.68. The fourth-order valence-corrected chi connectivity index (χ4v) is 4.16. The predicted octanol–water partition coefficient (Wildman–Crippen LogP) is 2.98. The van der Waals surface area contributed by atoms with Crippen molar-refractivity contribution >= 4 is 26.0 Å². The number of carbonyl (C=O) groups excluding carboxylic acids is 3. The van der Waals surface area contributed by atoms with Crippen molar-refractivity contribution in [3.05, 3.63) is 11.8 Å². The Bertz CT molecular complexity index is 630. The van der Waals surface area contributed by atoms with Gasteiger partial charge in [0.2, 0.25) is 8.32 Å². The molecule has 2 heterocycles. The molecule has 3 atom stereocenters. The van der Waals surface area contributed by atoms with E-state index in [9.17, 15) is 14.4 Å². The first-order valence-corrected chi connectivity index (χ1v) is 11.5. The van der Waals surface area contributed by atoms with E-state index >= 15 is 0 Å². The number of ether oxygens (including phenoxy) is 2. The van der Waals surface area contributed by atoms with Crippen molar-refractivity contribution in [3.63, 3.8) is 0 Å². The van der Waals surface area contributed by atoms with Gasteiger partial charge in [-0.3, -0.25) is 14.4 Å². The molecule has 0 aromatic carbocycles. The second-order valence-corrected chi connectivity index (χ2v) is 13.2. The van der Waals surface area contributed by atoms with E-state index in [-0.39, 0.29) is 23.7 Å². The summed E-state index contributed by atoms with van der Waals surface area (Å²) in [6, 6.07) is 0. The van der Waals surface area contributed by atoms with Crippen molar-refractivity contribution in [3.8, 4) is 0 Å². The van der Waals surface area contributed by atoms with Gasteiger partial charge < -0.3 is 13.9 Å². The average Bonchev–Trinajstić information content (AvgIpc) is 2.46. The third kappa shape index (κ3) is 3.52. The summed E-state index contributed by atoms with van der Waals surface area (Å²) in [6.07, 6.45) is 1.81. The molecule has 2 aliphatic heterocycles. The second-order valence-electron chi connectivity index (χ2n) is 8.51. The minimum Gasteiger partial charge on any atom is -0.544 e. The number of methoxy groups -OCH3 is 1. The van der Waals surface area contributed by atoms with Crippen molar-refractivity contribution in [1.29, 1.82) is 0 Å². The van der Waals surface area contributed by atoms with E-state index in [1.54, 1.807) is 6.08 Å². The van der Waals surface area contributed by atoms with E-state index in [0.29, 0.717) is 5.76 Å². The fraction of sp³-hybridized carbons (Fsp3) is 0.722. The van der Waals surface area contributed by atoms with Crippen LogP contribution in [-0.2, 0) is 28.3 Å². The predicted molar refractivity (Wildman–Crippen MR) is 94.1 cm³/mol. The van der Waals surface area contributed by atoms with Crippen LogP contribution in [0.2, 0.25) is 18.1 Å². The van der Waals surface area contributed by atoms with Crippen molar-refractivity contribution in [2.45, 2.75) is 64.3 Å². The molecule has 0 aromatic heterocycles. The zero-order valence-corrected chi connectivity index (χ0v) is 17.1. The minimum atomic E-state index is -2.21. The van der Waals surface area contributed by atoms with Crippen LogP contribution in [0.3, 0.4) is 0 Å². The van der Waals surface area contributed by atoms with Gasteiger partial charge in [0.1, 0.15) is 11.5 Å². The van der Waals surface area contributed by atoms with Crippen LogP contribution in [0.25, 0.3) is 0 Å². The lowest BCUT2D eigenvalue weighted by Crippen LogP contribution is -2.57. The first-order chi connectivity index (χ1) is 11.3. The van der Waals surface area contributed by atoms with E-state index in [0.717, 1.165) is 0 Å². The first kappa shape index (κ1) is 19.7. The van der Waals surface area contributed by atoms with Crippen LogP contribution < -0.4 is 0 Å². The fourth-order valence-electron chi connectivity index (χ4n) is 3.05. The van der Waals surface area contributed by atoms with E-state index in [2.05, 4.69) is 33.9 Å². The van der Waals surface area contributed by atoms with Crippen molar-refractivity contribution < 1.29 is 28.3 Å². The standard InChI is InChI=1S/C18H28O6Si/c1-11(19)13-9-18(10-15(20)22-5)14(8-12(13)16(21)23-18)24-25(6,7)17(2,3)4/h8,12-13H,9-10H2,1-7H3/t12-,13+,18+/m0/s1. The first-order valence-electron chi connectivity index (χ1n) is 8.54. The maximum absolute atomic E-state index is 12.3. The largest absolute Gasteiger partial charge is 0.544 e. The lowest BCUT2D eigenvalue weighted by molar-refractivity contribution is -0.186. The summed E-state index contributed by atoms with van der Waals surface area (Å²) in [6.45, 7) is 12.0. The molecule has 0 radical (unpaired) electrons. The molecule has 0 unspecified atom stereocenters. The molecule has 2 bridgehead atoms. The van der Waals surface area contributed by atoms with Crippen LogP contribution in [-0.4, -0.2) is 38.8 Å². The monoisotopic (exact) mass is 368 g/mol. The molecule has 0 N–H and O–H groups in total. The Kier molecular flexibility index (Phi) is 4.94. The van der Waals surface area contributed by atoms with Crippen LogP contribution in [0.15, 0.2) is 11.8 Å². The van der Waals surface area contributed by atoms with E-state index in [4.69, 9.17) is 13.9 Å². The Labute approximate surface area is 150 Å². The average molecular weight is 369 g/mol. The topological polar surface area (TPSA) is 78.9 Å². The normalized spacial score (nSPS) is 28.9. The van der Waals surface area contributed by atoms with Gasteiger partial charge in [0.25, 0.3) is 0 Å². The van der Waals surface area contributed by atoms with Gasteiger partial charge in [0.15, 0.2) is 5.60 Å². The molecule has 0 saturated carbocycles. The van der Waals surface area contributed by atoms with Crippen LogP contribution in [0, 0.1) is 11.8 Å². The highest BCUT2D eigenvalue weighted by molar-refractivity contribution is 6.74. The molecular formula is C18H28O6Si. The van der Waals surface area contributed by atoms with Crippen LogP contribution in [0.1, 0.15) is 40.5 Å². The second kappa shape index (κ2) is 6.27. The molecule has 6 nitrogen and oxygen atoms in total. The number of rotatable bonds is 5. The van der Waals surface area contributed by atoms with Gasteiger partial charge in [-0.15, -0.1) is 0 Å². The number of Topliss-reactive ketones (excluding diaryl/α,β-unsaturated/α-hetero) is 1. The van der Waals surface area contributed by atoms with Gasteiger partial charge in [-0.25, -0.2) is 0 Å². The Morgan fingerprint density at radius 3 is 2.44 bits per heavy atom. The van der Waals surface area contributed by atoms with Crippen LogP contribution >= 0.6 is 0 Å². The molecule has 140 valence electrons. The van der Waals surface area contributed by atoms with Gasteiger partial charge in [-0.2, -0.15) is 0 Å². The van der Waals surface area contributed by atoms with E-state index < -0.39 is 37.7 Å². The molecule has 0 spiro atoms. The smallest absolute Gasteiger partial charge is 0.314 e. The summed E-state index contributed by atoms with van der Waals surface area (Å²) in [4.78, 5) is 36.3. The summed E-state index contributed by atoms with van der Waals surface area (Å²) in [5.41, 5.74) is -1.25. The number of esters is 2. The highest BCUT2D eigenvalue weighted by Gasteiger charge is 2.58. The quantitative estimate of drug-likeness (QED) is 0.548. The summed E-state index contributed by atoms with van der Waals surface area (Å²) < 4.78 is 16.8. The molecule has 7 heteroatoms. The van der Waals surface area contributed by atoms with Crippen LogP contribution in [0.4, 0.5) is 0 Å². The van der Waals surface area contributed by atoms with Gasteiger partial charge in [-0.05, 0) is 31.1 Å². The minimum absolute atomic E-state index is 0.0546. The molecule has 1 fully saturated rings. The van der Waals surface area contributed by atoms with Gasteiger partial charge in [0.05, 0.1) is 19.4 Å². The maximum Gasteiger partial charge on any atom is 0.314 e. The number of hydrogen-bond donors (Lipinski definition) is 0. The van der Waals surface area contributed by atoms with Crippen molar-refractivity contribution in [2.24, 2.45) is 11.8 Å². The maximum atomic E-state index is 12.3. The molecule has 0 amide bonds. The third-order valence-electron chi connectivity index (χ3n) is 5.68. The van der Waals surface area contributed by atoms with Gasteiger partial charge in [0, 0.05) is 12.3 Å². The molecule has 25 heavy (non-hydrogen) atoms. The lowest BCUT2D eigenvalue weighted by Gasteiger charge is -2.50. The van der Waals surface area contributed by atoms with E-state index in [1.165, 1.54) is 14.0 Å². The summed E-state index contributed by atoms with van der Waals surface area (Å²) in [7, 11) is -0.918. The molecule has 3 rings (SSSR count). The zero-order chi connectivity index (χ0) is 19.2. The Balaban J connectivity index is 2.47. The Morgan fingerprint density at radius 2 is 1.96 bits per heavy atom. The Morgan fingerprint density at radius 1 is 1.36 bits per heavy atom. The number of ketones is 1. The number of hydrogen-bond acceptors (Lipinski definition) is 6. The summed E-state index contributed by atoms with van der Waals surface area (Å²) >= 11 is 0. The number of carbonyl (C=O) groups is 3. The number of fused-ring (bicyclic) bond motifs is 2. The molecule has 0 aromatic rings. The highest BCUT2D eigenvalue weighted by atomic mass is 28.4. The van der Waals surface area contributed by atoms with Crippen molar-refractivity contribution in [1.82, 2.24) is 0 Å². The summed E-state index contributed by atoms with van der Waals surface area (Å²) in [5, 5.41) is -0.0546. The lowest BCUT2D eigenvalue weighted by atomic mass is 9.70. The van der Waals surface area contributed by atoms with Gasteiger partial charge in [-0.1, -0.05) is 20.8 Å². The molecular weight excluding hydrogens is 340 g/mol. The van der Waals surface area contributed by atoms with E-state index in [1.807, 2.05) is 0 Å².